The van der Waals surface area contributed by atoms with Crippen LogP contribution in [0.1, 0.15) is 31.7 Å². The van der Waals surface area contributed by atoms with Crippen molar-refractivity contribution in [2.24, 2.45) is 0 Å². The van der Waals surface area contributed by atoms with Gasteiger partial charge in [-0.3, -0.25) is 0 Å². The number of nitrogens with one attached hydrogen (secondary N) is 1. The Labute approximate surface area is 123 Å². The van der Waals surface area contributed by atoms with Crippen LogP contribution in [-0.4, -0.2) is 16.5 Å². The molecule has 21 heavy (non-hydrogen) atoms. The highest BCUT2D eigenvalue weighted by Gasteiger charge is 2.15. The Morgan fingerprint density at radius 3 is 2.52 bits per heavy atom. The summed E-state index contributed by atoms with van der Waals surface area (Å²) >= 11 is 0. The van der Waals surface area contributed by atoms with Crippen LogP contribution in [0.3, 0.4) is 0 Å². The van der Waals surface area contributed by atoms with Crippen LogP contribution in [0.25, 0.3) is 11.3 Å². The molecule has 0 atom stereocenters. The third-order valence-corrected chi connectivity index (χ3v) is 3.24. The molecule has 0 bridgehead atoms. The van der Waals surface area contributed by atoms with E-state index in [4.69, 9.17) is 0 Å². The van der Waals surface area contributed by atoms with E-state index in [0.29, 0.717) is 29.3 Å². The molecule has 1 aromatic heterocycles. The predicted molar refractivity (Wildman–Crippen MR) is 80.3 cm³/mol. The summed E-state index contributed by atoms with van der Waals surface area (Å²) in [5, 5.41) is 3.23. The van der Waals surface area contributed by atoms with Gasteiger partial charge >= 0.3 is 0 Å². The van der Waals surface area contributed by atoms with E-state index in [0.717, 1.165) is 24.6 Å². The fraction of sp³-hybridized carbons (Fsp3) is 0.375. The van der Waals surface area contributed by atoms with Crippen molar-refractivity contribution in [2.75, 3.05) is 11.9 Å². The number of halogens is 2. The van der Waals surface area contributed by atoms with Crippen LogP contribution < -0.4 is 5.32 Å². The summed E-state index contributed by atoms with van der Waals surface area (Å²) in [4.78, 5) is 8.85. The molecule has 0 aliphatic carbocycles. The molecule has 5 heteroatoms. The summed E-state index contributed by atoms with van der Waals surface area (Å²) in [7, 11) is 0. The third kappa shape index (κ3) is 3.35. The quantitative estimate of drug-likeness (QED) is 0.900. The van der Waals surface area contributed by atoms with Crippen LogP contribution >= 0.6 is 0 Å². The van der Waals surface area contributed by atoms with Crippen molar-refractivity contribution in [1.29, 1.82) is 0 Å². The van der Waals surface area contributed by atoms with E-state index in [1.807, 2.05) is 13.8 Å². The summed E-state index contributed by atoms with van der Waals surface area (Å²) in [5.41, 5.74) is 1.58. The maximum atomic E-state index is 14.0. The van der Waals surface area contributed by atoms with E-state index in [2.05, 4.69) is 22.2 Å². The zero-order chi connectivity index (χ0) is 15.4. The molecule has 1 aromatic carbocycles. The molecule has 3 nitrogen and oxygen atoms in total. The second-order valence-corrected chi connectivity index (χ2v) is 4.87. The van der Waals surface area contributed by atoms with Crippen LogP contribution in [0.5, 0.6) is 0 Å². The first-order valence-corrected chi connectivity index (χ1v) is 7.13. The summed E-state index contributed by atoms with van der Waals surface area (Å²) in [5.74, 6) is 0.142. The largest absolute Gasteiger partial charge is 0.370 e. The standard InChI is InChI=1S/C16H19F2N3/c1-4-8-19-16-10(3)15(20-14(5-2)21-16)12-7-6-11(17)9-13(12)18/h6-7,9H,4-5,8H2,1-3H3,(H,19,20,21). The van der Waals surface area contributed by atoms with Crippen molar-refractivity contribution >= 4 is 5.82 Å². The molecular weight excluding hydrogens is 272 g/mol. The molecule has 0 saturated heterocycles. The first-order valence-electron chi connectivity index (χ1n) is 7.13. The minimum atomic E-state index is -0.611. The van der Waals surface area contributed by atoms with Crippen LogP contribution in [0.4, 0.5) is 14.6 Å². The van der Waals surface area contributed by atoms with Gasteiger partial charge in [0, 0.05) is 30.2 Å². The maximum absolute atomic E-state index is 14.0. The highest BCUT2D eigenvalue weighted by molar-refractivity contribution is 5.68. The lowest BCUT2D eigenvalue weighted by Crippen LogP contribution is -2.09. The lowest BCUT2D eigenvalue weighted by molar-refractivity contribution is 0.585. The van der Waals surface area contributed by atoms with Crippen molar-refractivity contribution in [3.8, 4) is 11.3 Å². The molecule has 1 heterocycles. The zero-order valence-electron chi connectivity index (χ0n) is 12.5. The molecule has 0 amide bonds. The Hall–Kier alpha value is -2.04. The lowest BCUT2D eigenvalue weighted by atomic mass is 10.1. The van der Waals surface area contributed by atoms with Gasteiger partial charge in [-0.15, -0.1) is 0 Å². The van der Waals surface area contributed by atoms with Gasteiger partial charge in [0.2, 0.25) is 0 Å². The van der Waals surface area contributed by atoms with Crippen LogP contribution in [0.2, 0.25) is 0 Å². The van der Waals surface area contributed by atoms with Gasteiger partial charge in [0.25, 0.3) is 0 Å². The van der Waals surface area contributed by atoms with E-state index >= 15 is 0 Å². The molecule has 112 valence electrons. The Kier molecular flexibility index (Phi) is 4.83. The molecule has 0 aliphatic heterocycles. The van der Waals surface area contributed by atoms with Crippen LogP contribution in [-0.2, 0) is 6.42 Å². The van der Waals surface area contributed by atoms with E-state index in [9.17, 15) is 8.78 Å². The maximum Gasteiger partial charge on any atom is 0.135 e. The fourth-order valence-corrected chi connectivity index (χ4v) is 2.08. The highest BCUT2D eigenvalue weighted by atomic mass is 19.1. The topological polar surface area (TPSA) is 37.8 Å². The third-order valence-electron chi connectivity index (χ3n) is 3.24. The Morgan fingerprint density at radius 1 is 1.14 bits per heavy atom. The van der Waals surface area contributed by atoms with Gasteiger partial charge in [-0.05, 0) is 25.5 Å². The molecule has 2 aromatic rings. The van der Waals surface area contributed by atoms with Crippen LogP contribution in [0, 0.1) is 18.6 Å². The molecule has 0 spiro atoms. The van der Waals surface area contributed by atoms with Gasteiger partial charge in [0.1, 0.15) is 23.3 Å². The molecule has 0 radical (unpaired) electrons. The number of benzene rings is 1. The monoisotopic (exact) mass is 291 g/mol. The van der Waals surface area contributed by atoms with Gasteiger partial charge in [0.15, 0.2) is 0 Å². The minimum Gasteiger partial charge on any atom is -0.370 e. The number of rotatable bonds is 5. The Balaban J connectivity index is 2.56. The normalized spacial score (nSPS) is 10.7. The zero-order valence-corrected chi connectivity index (χ0v) is 12.5. The number of anilines is 1. The van der Waals surface area contributed by atoms with Crippen molar-refractivity contribution in [1.82, 2.24) is 9.97 Å². The first-order chi connectivity index (χ1) is 10.1. The van der Waals surface area contributed by atoms with Gasteiger partial charge in [-0.25, -0.2) is 18.7 Å². The van der Waals surface area contributed by atoms with E-state index in [1.165, 1.54) is 12.1 Å². The van der Waals surface area contributed by atoms with E-state index in [-0.39, 0.29) is 0 Å². The summed E-state index contributed by atoms with van der Waals surface area (Å²) in [6.07, 6.45) is 1.61. The van der Waals surface area contributed by atoms with Crippen molar-refractivity contribution in [2.45, 2.75) is 33.6 Å². The average Bonchev–Trinajstić information content (AvgIpc) is 2.47. The molecular formula is C16H19F2N3. The van der Waals surface area contributed by atoms with Gasteiger partial charge < -0.3 is 5.32 Å². The second-order valence-electron chi connectivity index (χ2n) is 4.87. The molecule has 0 unspecified atom stereocenters. The minimum absolute atomic E-state index is 0.297. The van der Waals surface area contributed by atoms with Gasteiger partial charge in [-0.1, -0.05) is 13.8 Å². The molecule has 0 aliphatic rings. The Bertz CT molecular complexity index is 642. The molecule has 1 N–H and O–H groups in total. The molecule has 0 saturated carbocycles. The van der Waals surface area contributed by atoms with Gasteiger partial charge in [-0.2, -0.15) is 0 Å². The van der Waals surface area contributed by atoms with E-state index < -0.39 is 11.6 Å². The number of hydrogen-bond acceptors (Lipinski definition) is 3. The predicted octanol–water partition coefficient (Wildman–Crippen LogP) is 4.11. The SMILES string of the molecule is CCCNc1nc(CC)nc(-c2ccc(F)cc2F)c1C. The smallest absolute Gasteiger partial charge is 0.135 e. The van der Waals surface area contributed by atoms with Crippen molar-refractivity contribution in [3.05, 3.63) is 41.2 Å². The fourth-order valence-electron chi connectivity index (χ4n) is 2.08. The summed E-state index contributed by atoms with van der Waals surface area (Å²) < 4.78 is 27.1. The molecule has 0 fully saturated rings. The second kappa shape index (κ2) is 6.61. The number of nitrogens with zero attached hydrogens (tertiary/aromatic N) is 2. The highest BCUT2D eigenvalue weighted by Crippen LogP contribution is 2.28. The Morgan fingerprint density at radius 2 is 1.90 bits per heavy atom. The summed E-state index contributed by atoms with van der Waals surface area (Å²) in [6.45, 7) is 6.63. The van der Waals surface area contributed by atoms with Crippen LogP contribution in [0.15, 0.2) is 18.2 Å². The van der Waals surface area contributed by atoms with Crippen molar-refractivity contribution in [3.63, 3.8) is 0 Å². The van der Waals surface area contributed by atoms with E-state index in [1.54, 1.807) is 0 Å². The average molecular weight is 291 g/mol. The van der Waals surface area contributed by atoms with Gasteiger partial charge in [0.05, 0.1) is 5.69 Å². The number of hydrogen-bond donors (Lipinski definition) is 1. The summed E-state index contributed by atoms with van der Waals surface area (Å²) in [6, 6.07) is 3.54. The first kappa shape index (κ1) is 15.4. The lowest BCUT2D eigenvalue weighted by Gasteiger charge is -2.14. The number of aryl methyl sites for hydroxylation is 1. The van der Waals surface area contributed by atoms with Crippen molar-refractivity contribution < 1.29 is 8.78 Å². The number of aromatic nitrogens is 2. The molecule has 2 rings (SSSR count).